The molecule has 0 bridgehead atoms. The summed E-state index contributed by atoms with van der Waals surface area (Å²) in [6.45, 7) is -0.184. The van der Waals surface area contributed by atoms with E-state index in [0.29, 0.717) is 0 Å². The van der Waals surface area contributed by atoms with E-state index in [0.717, 1.165) is 32.4 Å². The van der Waals surface area contributed by atoms with Crippen molar-refractivity contribution in [2.24, 2.45) is 0 Å². The molecular formula is C8H14BF3KN. The van der Waals surface area contributed by atoms with Gasteiger partial charge in [0.05, 0.1) is 0 Å². The fourth-order valence-electron chi connectivity index (χ4n) is 1.51. The number of piperidine rings is 1. The van der Waals surface area contributed by atoms with Gasteiger partial charge in [0.2, 0.25) is 0 Å². The number of halogens is 3. The van der Waals surface area contributed by atoms with E-state index in [9.17, 15) is 12.9 Å². The molecule has 1 heterocycles. The molecule has 0 amide bonds. The molecule has 0 N–H and O–H groups in total. The van der Waals surface area contributed by atoms with Crippen molar-refractivity contribution in [3.63, 3.8) is 0 Å². The average molecular weight is 231 g/mol. The van der Waals surface area contributed by atoms with Crippen LogP contribution in [0, 0.1) is 0 Å². The van der Waals surface area contributed by atoms with Gasteiger partial charge in [-0.05, 0) is 32.5 Å². The van der Waals surface area contributed by atoms with Gasteiger partial charge in [-0.1, -0.05) is 6.42 Å². The standard InChI is InChI=1S/C8H14BF3N.K/c1-8(9(10,11)12)7-13-5-3-2-4-6-13;/h1-7H2;/q-1;+1. The molecule has 0 radical (unpaired) electrons. The van der Waals surface area contributed by atoms with Crippen molar-refractivity contribution in [1.29, 1.82) is 0 Å². The normalized spacial score (nSPS) is 18.8. The molecule has 0 aromatic heterocycles. The zero-order valence-electron chi connectivity index (χ0n) is 8.61. The number of hydrogen-bond acceptors (Lipinski definition) is 1. The molecule has 1 aliphatic rings. The van der Waals surface area contributed by atoms with E-state index in [1.165, 1.54) is 0 Å². The summed E-state index contributed by atoms with van der Waals surface area (Å²) < 4.78 is 36.4. The van der Waals surface area contributed by atoms with Gasteiger partial charge in [0, 0.05) is 0 Å². The second-order valence-corrected chi connectivity index (χ2v) is 3.57. The first-order valence-electron chi connectivity index (χ1n) is 4.60. The number of hydrogen-bond donors (Lipinski definition) is 0. The van der Waals surface area contributed by atoms with Crippen LogP contribution < -0.4 is 51.4 Å². The van der Waals surface area contributed by atoms with Crippen LogP contribution in [0.3, 0.4) is 0 Å². The average Bonchev–Trinajstić information content (AvgIpc) is 2.04. The van der Waals surface area contributed by atoms with Gasteiger partial charge in [-0.2, -0.15) is 0 Å². The Bertz CT molecular complexity index is 190. The Kier molecular flexibility index (Phi) is 7.28. The minimum absolute atomic E-state index is 0. The maximum atomic E-state index is 12.1. The summed E-state index contributed by atoms with van der Waals surface area (Å²) >= 11 is 0. The molecule has 0 aromatic rings. The number of likely N-dealkylation sites (tertiary alicyclic amines) is 1. The SMILES string of the molecule is C=C(CN1CCCCC1)[B-](F)(F)F.[K+]. The Morgan fingerprint density at radius 1 is 1.14 bits per heavy atom. The summed E-state index contributed by atoms with van der Waals surface area (Å²) in [5, 5.41) is 0. The molecule has 14 heavy (non-hydrogen) atoms. The topological polar surface area (TPSA) is 3.24 Å². The Hall–Kier alpha value is 1.19. The third-order valence-corrected chi connectivity index (χ3v) is 2.34. The molecule has 76 valence electrons. The van der Waals surface area contributed by atoms with E-state index in [-0.39, 0.29) is 57.9 Å². The first-order valence-corrected chi connectivity index (χ1v) is 4.60. The van der Waals surface area contributed by atoms with Crippen LogP contribution in [0.25, 0.3) is 0 Å². The fourth-order valence-corrected chi connectivity index (χ4v) is 1.51. The molecule has 1 nitrogen and oxygen atoms in total. The molecule has 1 fully saturated rings. The van der Waals surface area contributed by atoms with Crippen molar-refractivity contribution in [2.75, 3.05) is 19.6 Å². The van der Waals surface area contributed by atoms with Crippen molar-refractivity contribution in [1.82, 2.24) is 4.90 Å². The molecule has 0 spiro atoms. The number of rotatable bonds is 3. The summed E-state index contributed by atoms with van der Waals surface area (Å²) in [7, 11) is 0. The van der Waals surface area contributed by atoms with Crippen LogP contribution in [0.2, 0.25) is 0 Å². The predicted molar refractivity (Wildman–Crippen MR) is 48.5 cm³/mol. The van der Waals surface area contributed by atoms with Gasteiger partial charge in [0.25, 0.3) is 0 Å². The maximum Gasteiger partial charge on any atom is 1.00 e. The minimum Gasteiger partial charge on any atom is -0.445 e. The minimum atomic E-state index is -4.83. The third-order valence-electron chi connectivity index (χ3n) is 2.34. The van der Waals surface area contributed by atoms with Gasteiger partial charge >= 0.3 is 58.4 Å². The van der Waals surface area contributed by atoms with Crippen LogP contribution in [-0.2, 0) is 0 Å². The number of nitrogens with zero attached hydrogens (tertiary/aromatic N) is 1. The zero-order valence-corrected chi connectivity index (χ0v) is 11.7. The largest absolute Gasteiger partial charge is 1.00 e. The Morgan fingerprint density at radius 3 is 2.07 bits per heavy atom. The van der Waals surface area contributed by atoms with Gasteiger partial charge in [-0.3, -0.25) is 0 Å². The van der Waals surface area contributed by atoms with Gasteiger partial charge in [-0.15, -0.1) is 12.1 Å². The van der Waals surface area contributed by atoms with Gasteiger partial charge in [-0.25, -0.2) is 0 Å². The van der Waals surface area contributed by atoms with Crippen LogP contribution in [0.15, 0.2) is 12.1 Å². The van der Waals surface area contributed by atoms with Crippen molar-refractivity contribution in [3.8, 4) is 0 Å². The Morgan fingerprint density at radius 2 is 1.64 bits per heavy atom. The van der Waals surface area contributed by atoms with Crippen molar-refractivity contribution in [2.45, 2.75) is 19.3 Å². The van der Waals surface area contributed by atoms with Gasteiger partial charge in [0.1, 0.15) is 0 Å². The van der Waals surface area contributed by atoms with Crippen molar-refractivity contribution in [3.05, 3.63) is 12.1 Å². The van der Waals surface area contributed by atoms with E-state index in [1.807, 2.05) is 4.90 Å². The van der Waals surface area contributed by atoms with Crippen LogP contribution in [-0.4, -0.2) is 31.5 Å². The summed E-state index contributed by atoms with van der Waals surface area (Å²) in [6, 6.07) is 0. The molecule has 0 unspecified atom stereocenters. The third kappa shape index (κ3) is 5.32. The van der Waals surface area contributed by atoms with E-state index in [2.05, 4.69) is 6.58 Å². The second-order valence-electron chi connectivity index (χ2n) is 3.57. The van der Waals surface area contributed by atoms with Crippen molar-refractivity contribution < 1.29 is 64.3 Å². The quantitative estimate of drug-likeness (QED) is 0.587. The second kappa shape index (κ2) is 6.70. The molecule has 1 aliphatic heterocycles. The van der Waals surface area contributed by atoms with E-state index in [1.54, 1.807) is 0 Å². The van der Waals surface area contributed by atoms with E-state index >= 15 is 0 Å². The fraction of sp³-hybridized carbons (Fsp3) is 0.750. The monoisotopic (exact) mass is 231 g/mol. The zero-order chi connectivity index (χ0) is 9.90. The first kappa shape index (κ1) is 15.2. The summed E-state index contributed by atoms with van der Waals surface area (Å²) in [6.07, 6.45) is 3.16. The van der Waals surface area contributed by atoms with E-state index < -0.39 is 12.4 Å². The van der Waals surface area contributed by atoms with Gasteiger partial charge < -0.3 is 17.8 Å². The van der Waals surface area contributed by atoms with Crippen molar-refractivity contribution >= 4 is 6.98 Å². The van der Waals surface area contributed by atoms with Crippen LogP contribution in [0.1, 0.15) is 19.3 Å². The molecule has 0 aliphatic carbocycles. The van der Waals surface area contributed by atoms with E-state index in [4.69, 9.17) is 0 Å². The maximum absolute atomic E-state index is 12.1. The summed E-state index contributed by atoms with van der Waals surface area (Å²) in [5.41, 5.74) is -0.568. The molecule has 1 saturated heterocycles. The summed E-state index contributed by atoms with van der Waals surface area (Å²) in [5.74, 6) is 0. The smallest absolute Gasteiger partial charge is 0.445 e. The van der Waals surface area contributed by atoms with Crippen LogP contribution in [0.5, 0.6) is 0 Å². The Labute approximate surface area is 126 Å². The summed E-state index contributed by atoms with van der Waals surface area (Å²) in [4.78, 5) is 1.83. The molecule has 0 atom stereocenters. The predicted octanol–water partition coefficient (Wildman–Crippen LogP) is -0.581. The first-order chi connectivity index (χ1) is 6.00. The molecule has 1 rings (SSSR count). The molecule has 6 heteroatoms. The van der Waals surface area contributed by atoms with Crippen LogP contribution in [0.4, 0.5) is 12.9 Å². The molecular weight excluding hydrogens is 217 g/mol. The van der Waals surface area contributed by atoms with Crippen LogP contribution >= 0.6 is 0 Å². The molecule has 0 saturated carbocycles. The molecule has 0 aromatic carbocycles. The van der Waals surface area contributed by atoms with Gasteiger partial charge in [0.15, 0.2) is 0 Å². The Balaban J connectivity index is 0.00000169.